The van der Waals surface area contributed by atoms with E-state index in [-0.39, 0.29) is 5.91 Å². The molecule has 1 amide bonds. The second-order valence-electron chi connectivity index (χ2n) is 6.51. The average molecular weight is 349 g/mol. The Hall–Kier alpha value is -2.08. The van der Waals surface area contributed by atoms with Crippen molar-refractivity contribution in [3.05, 3.63) is 28.8 Å². The summed E-state index contributed by atoms with van der Waals surface area (Å²) >= 11 is 0. The number of ether oxygens (including phenoxy) is 2. The smallest absolute Gasteiger partial charge is 0.341 e. The lowest BCUT2D eigenvalue weighted by atomic mass is 10.0. The highest BCUT2D eigenvalue weighted by atomic mass is 16.5. The van der Waals surface area contributed by atoms with Crippen LogP contribution in [0, 0.1) is 13.8 Å². The highest BCUT2D eigenvalue weighted by Crippen LogP contribution is 2.25. The second kappa shape index (κ2) is 9.42. The summed E-state index contributed by atoms with van der Waals surface area (Å²) in [4.78, 5) is 22.9. The molecule has 1 aliphatic heterocycles. The molecule has 0 spiro atoms. The SMILES string of the molecule is Cc1cc(C(=O)NCCCC2CCCCO2)cc(C)c1OCC(=O)O. The van der Waals surface area contributed by atoms with E-state index in [1.165, 1.54) is 6.42 Å². The minimum Gasteiger partial charge on any atom is -0.481 e. The van der Waals surface area contributed by atoms with Crippen LogP contribution in [-0.2, 0) is 9.53 Å². The number of nitrogens with one attached hydrogen (secondary N) is 1. The third kappa shape index (κ3) is 6.05. The first-order chi connectivity index (χ1) is 12.0. The Bertz CT molecular complexity index is 585. The third-order valence-electron chi connectivity index (χ3n) is 4.32. The Morgan fingerprint density at radius 2 is 2.00 bits per heavy atom. The van der Waals surface area contributed by atoms with E-state index < -0.39 is 12.6 Å². The Labute approximate surface area is 148 Å². The number of hydrogen-bond acceptors (Lipinski definition) is 4. The normalized spacial score (nSPS) is 17.1. The Kier molecular flexibility index (Phi) is 7.25. The van der Waals surface area contributed by atoms with Crippen molar-refractivity contribution in [3.63, 3.8) is 0 Å². The molecule has 0 aliphatic carbocycles. The molecule has 6 nitrogen and oxygen atoms in total. The molecule has 1 unspecified atom stereocenters. The van der Waals surface area contributed by atoms with Crippen LogP contribution < -0.4 is 10.1 Å². The number of hydrogen-bond donors (Lipinski definition) is 2. The molecular weight excluding hydrogens is 322 g/mol. The lowest BCUT2D eigenvalue weighted by Gasteiger charge is -2.22. The fourth-order valence-corrected chi connectivity index (χ4v) is 3.11. The molecule has 1 saturated heterocycles. The van der Waals surface area contributed by atoms with Gasteiger partial charge in [0.1, 0.15) is 5.75 Å². The van der Waals surface area contributed by atoms with Crippen LogP contribution in [0.1, 0.15) is 53.6 Å². The zero-order valence-corrected chi connectivity index (χ0v) is 15.0. The van der Waals surface area contributed by atoms with Crippen molar-refractivity contribution in [3.8, 4) is 5.75 Å². The summed E-state index contributed by atoms with van der Waals surface area (Å²) in [5, 5.41) is 11.6. The van der Waals surface area contributed by atoms with Crippen molar-refractivity contribution in [1.82, 2.24) is 5.32 Å². The van der Waals surface area contributed by atoms with Gasteiger partial charge in [-0.05, 0) is 69.2 Å². The summed E-state index contributed by atoms with van der Waals surface area (Å²) in [5.74, 6) is -0.628. The van der Waals surface area contributed by atoms with Gasteiger partial charge in [0.15, 0.2) is 6.61 Å². The molecule has 1 aromatic carbocycles. The number of aliphatic carboxylic acids is 1. The van der Waals surface area contributed by atoms with Crippen LogP contribution in [0.3, 0.4) is 0 Å². The lowest BCUT2D eigenvalue weighted by molar-refractivity contribution is -0.139. The van der Waals surface area contributed by atoms with Crippen LogP contribution in [0.4, 0.5) is 0 Å². The number of carboxylic acid groups (broad SMARTS) is 1. The standard InChI is InChI=1S/C19H27NO5/c1-13-10-15(11-14(2)18(13)25-12-17(21)22)19(23)20-8-5-7-16-6-3-4-9-24-16/h10-11,16H,3-9,12H2,1-2H3,(H,20,23)(H,21,22). The molecule has 2 N–H and O–H groups in total. The molecule has 0 saturated carbocycles. The van der Waals surface area contributed by atoms with E-state index in [1.807, 2.05) is 0 Å². The van der Waals surface area contributed by atoms with Gasteiger partial charge in [-0.1, -0.05) is 0 Å². The number of rotatable bonds is 8. The van der Waals surface area contributed by atoms with E-state index in [2.05, 4.69) is 5.32 Å². The van der Waals surface area contributed by atoms with E-state index >= 15 is 0 Å². The lowest BCUT2D eigenvalue weighted by Crippen LogP contribution is -2.26. The minimum absolute atomic E-state index is 0.124. The van der Waals surface area contributed by atoms with Crippen molar-refractivity contribution < 1.29 is 24.2 Å². The molecule has 1 atom stereocenters. The Balaban J connectivity index is 1.83. The third-order valence-corrected chi connectivity index (χ3v) is 4.32. The van der Waals surface area contributed by atoms with Gasteiger partial charge in [0.2, 0.25) is 0 Å². The molecule has 0 bridgehead atoms. The second-order valence-corrected chi connectivity index (χ2v) is 6.51. The number of benzene rings is 1. The van der Waals surface area contributed by atoms with Gasteiger partial charge in [-0.15, -0.1) is 0 Å². The van der Waals surface area contributed by atoms with Gasteiger partial charge in [-0.2, -0.15) is 0 Å². The molecule has 1 aromatic rings. The van der Waals surface area contributed by atoms with Gasteiger partial charge < -0.3 is 19.9 Å². The predicted octanol–water partition coefficient (Wildman–Crippen LogP) is 2.85. The summed E-state index contributed by atoms with van der Waals surface area (Å²) in [5.41, 5.74) is 2.07. The molecule has 6 heteroatoms. The first-order valence-electron chi connectivity index (χ1n) is 8.83. The summed E-state index contributed by atoms with van der Waals surface area (Å²) < 4.78 is 11.0. The predicted molar refractivity (Wildman–Crippen MR) is 94.2 cm³/mol. The fraction of sp³-hybridized carbons (Fsp3) is 0.579. The number of carbonyl (C=O) groups is 2. The molecule has 138 valence electrons. The molecular formula is C19H27NO5. The van der Waals surface area contributed by atoms with Crippen molar-refractivity contribution in [2.24, 2.45) is 0 Å². The monoisotopic (exact) mass is 349 g/mol. The first-order valence-corrected chi connectivity index (χ1v) is 8.83. The minimum atomic E-state index is -1.03. The quantitative estimate of drug-likeness (QED) is 0.705. The van der Waals surface area contributed by atoms with Crippen molar-refractivity contribution in [1.29, 1.82) is 0 Å². The topological polar surface area (TPSA) is 84.9 Å². The van der Waals surface area contributed by atoms with Crippen LogP contribution in [0.25, 0.3) is 0 Å². The van der Waals surface area contributed by atoms with E-state index in [1.54, 1.807) is 26.0 Å². The van der Waals surface area contributed by atoms with E-state index in [9.17, 15) is 9.59 Å². The molecule has 0 aromatic heterocycles. The summed E-state index contributed by atoms with van der Waals surface area (Å²) in [6, 6.07) is 3.45. The zero-order valence-electron chi connectivity index (χ0n) is 15.0. The molecule has 25 heavy (non-hydrogen) atoms. The van der Waals surface area contributed by atoms with Gasteiger partial charge in [-0.3, -0.25) is 4.79 Å². The highest BCUT2D eigenvalue weighted by Gasteiger charge is 2.15. The van der Waals surface area contributed by atoms with Gasteiger partial charge >= 0.3 is 5.97 Å². The van der Waals surface area contributed by atoms with Crippen molar-refractivity contribution in [2.45, 2.75) is 52.1 Å². The summed E-state index contributed by atoms with van der Waals surface area (Å²) in [6.45, 7) is 4.69. The zero-order chi connectivity index (χ0) is 18.2. The van der Waals surface area contributed by atoms with Crippen LogP contribution in [0.2, 0.25) is 0 Å². The van der Waals surface area contributed by atoms with Gasteiger partial charge in [0, 0.05) is 18.7 Å². The molecule has 0 radical (unpaired) electrons. The van der Waals surface area contributed by atoms with E-state index in [4.69, 9.17) is 14.6 Å². The molecule has 1 fully saturated rings. The Morgan fingerprint density at radius 1 is 1.28 bits per heavy atom. The summed E-state index contributed by atoms with van der Waals surface area (Å²) in [7, 11) is 0. The van der Waals surface area contributed by atoms with E-state index in [0.29, 0.717) is 24.0 Å². The highest BCUT2D eigenvalue weighted by molar-refractivity contribution is 5.94. The van der Waals surface area contributed by atoms with Gasteiger partial charge in [-0.25, -0.2) is 4.79 Å². The van der Waals surface area contributed by atoms with Crippen LogP contribution in [0.5, 0.6) is 5.75 Å². The Morgan fingerprint density at radius 3 is 2.60 bits per heavy atom. The van der Waals surface area contributed by atoms with Crippen molar-refractivity contribution >= 4 is 11.9 Å². The van der Waals surface area contributed by atoms with Gasteiger partial charge in [0.25, 0.3) is 5.91 Å². The first kappa shape index (κ1) is 19.2. The van der Waals surface area contributed by atoms with E-state index in [0.717, 1.165) is 43.4 Å². The maximum absolute atomic E-state index is 12.3. The number of amides is 1. The largest absolute Gasteiger partial charge is 0.481 e. The number of carbonyl (C=O) groups excluding carboxylic acids is 1. The fourth-order valence-electron chi connectivity index (χ4n) is 3.11. The number of aryl methyl sites for hydroxylation is 2. The van der Waals surface area contributed by atoms with Gasteiger partial charge in [0.05, 0.1) is 6.10 Å². The molecule has 1 aliphatic rings. The van der Waals surface area contributed by atoms with Crippen LogP contribution in [-0.4, -0.2) is 42.8 Å². The molecule has 2 rings (SSSR count). The van der Waals surface area contributed by atoms with Crippen LogP contribution >= 0.6 is 0 Å². The van der Waals surface area contributed by atoms with Crippen LogP contribution in [0.15, 0.2) is 12.1 Å². The molecule has 1 heterocycles. The maximum atomic E-state index is 12.3. The maximum Gasteiger partial charge on any atom is 0.341 e. The number of carboxylic acids is 1. The van der Waals surface area contributed by atoms with Crippen molar-refractivity contribution in [2.75, 3.05) is 19.8 Å². The average Bonchev–Trinajstić information content (AvgIpc) is 2.58. The summed E-state index contributed by atoms with van der Waals surface area (Å²) in [6.07, 6.45) is 5.70.